The number of ether oxygens (including phenoxy) is 1. The zero-order valence-corrected chi connectivity index (χ0v) is 15.0. The molecule has 4 unspecified atom stereocenters. The van der Waals surface area contributed by atoms with Gasteiger partial charge < -0.3 is 10.1 Å². The summed E-state index contributed by atoms with van der Waals surface area (Å²) in [7, 11) is 0. The minimum absolute atomic E-state index is 0.0106. The zero-order valence-electron chi connectivity index (χ0n) is 14.2. The Morgan fingerprint density at radius 1 is 1.29 bits per heavy atom. The molecule has 2 heterocycles. The monoisotopic (exact) mass is 344 g/mol. The lowest BCUT2D eigenvalue weighted by atomic mass is 9.83. The van der Waals surface area contributed by atoms with E-state index in [1.807, 2.05) is 43.0 Å². The van der Waals surface area contributed by atoms with Crippen LogP contribution in [0.1, 0.15) is 44.8 Å². The molecule has 3 aliphatic rings. The van der Waals surface area contributed by atoms with Crippen LogP contribution < -0.4 is 15.4 Å². The summed E-state index contributed by atoms with van der Waals surface area (Å²) >= 11 is 1.88. The van der Waals surface area contributed by atoms with Gasteiger partial charge in [-0.05, 0) is 60.3 Å². The number of thioether (sulfide) groups is 1. The zero-order chi connectivity index (χ0) is 16.7. The second-order valence-corrected chi connectivity index (χ2v) is 8.16. The molecule has 2 N–H and O–H groups in total. The number of fused-ring (bicyclic) bond motifs is 2. The molecule has 24 heavy (non-hydrogen) atoms. The van der Waals surface area contributed by atoms with Gasteiger partial charge in [0.05, 0.1) is 17.9 Å². The number of amides is 1. The summed E-state index contributed by atoms with van der Waals surface area (Å²) in [6.45, 7) is 4.94. The molecule has 2 aliphatic heterocycles. The average molecular weight is 344 g/mol. The number of nitrogens with one attached hydrogen (secondary N) is 2. The third-order valence-electron chi connectivity index (χ3n) is 5.17. The molecule has 1 amide bonds. The number of carbonyl (C=O) groups excluding carboxylic acids is 1. The van der Waals surface area contributed by atoms with Crippen LogP contribution in [-0.4, -0.2) is 17.9 Å². The van der Waals surface area contributed by atoms with E-state index in [4.69, 9.17) is 4.74 Å². The van der Waals surface area contributed by atoms with Gasteiger partial charge in [-0.15, -0.1) is 11.8 Å². The highest BCUT2D eigenvalue weighted by Crippen LogP contribution is 2.50. The molecule has 0 spiro atoms. The Morgan fingerprint density at radius 2 is 2.08 bits per heavy atom. The highest BCUT2D eigenvalue weighted by atomic mass is 32.2. The lowest BCUT2D eigenvalue weighted by Gasteiger charge is -2.34. The van der Waals surface area contributed by atoms with Crippen molar-refractivity contribution in [3.05, 3.63) is 40.3 Å². The van der Waals surface area contributed by atoms with E-state index in [2.05, 4.69) is 17.6 Å². The van der Waals surface area contributed by atoms with Gasteiger partial charge in [0, 0.05) is 0 Å². The van der Waals surface area contributed by atoms with Crippen LogP contribution in [0.3, 0.4) is 0 Å². The fraction of sp³-hybridized carbons (Fsp3) is 0.526. The van der Waals surface area contributed by atoms with E-state index in [1.54, 1.807) is 0 Å². The molecular formula is C19H24N2O2S. The Labute approximate surface area is 147 Å². The number of hydrogen-bond acceptors (Lipinski definition) is 4. The number of hydrogen-bond donors (Lipinski definition) is 2. The molecule has 5 heteroatoms. The molecule has 4 nitrogen and oxygen atoms in total. The van der Waals surface area contributed by atoms with E-state index in [1.165, 1.54) is 16.9 Å². The van der Waals surface area contributed by atoms with Gasteiger partial charge in [0.2, 0.25) is 5.91 Å². The molecule has 1 saturated heterocycles. The van der Waals surface area contributed by atoms with Crippen molar-refractivity contribution in [2.75, 3.05) is 6.61 Å². The number of carbonyl (C=O) groups is 1. The fourth-order valence-electron chi connectivity index (χ4n) is 3.91. The standard InChI is InChI=1S/C19H24N2O2S/c1-3-23-13-7-5-12(6-8-13)17-20-18(22)16-14-9-4-11(2)10-15(14)24-19(16)21-17/h5-8,11,16-17,19,21H,3-4,9-10H2,1-2H3,(H,20,22). The lowest BCUT2D eigenvalue weighted by molar-refractivity contribution is -0.127. The van der Waals surface area contributed by atoms with Crippen LogP contribution in [0.2, 0.25) is 0 Å². The van der Waals surface area contributed by atoms with Gasteiger partial charge in [0.25, 0.3) is 0 Å². The van der Waals surface area contributed by atoms with Crippen LogP contribution >= 0.6 is 11.8 Å². The van der Waals surface area contributed by atoms with Gasteiger partial charge in [-0.1, -0.05) is 19.1 Å². The summed E-state index contributed by atoms with van der Waals surface area (Å²) in [6, 6.07) is 7.98. The first kappa shape index (κ1) is 16.0. The van der Waals surface area contributed by atoms with Gasteiger partial charge in [-0.2, -0.15) is 0 Å². The van der Waals surface area contributed by atoms with E-state index in [0.717, 1.165) is 30.1 Å². The maximum atomic E-state index is 12.7. The predicted molar refractivity (Wildman–Crippen MR) is 96.5 cm³/mol. The van der Waals surface area contributed by atoms with E-state index in [0.29, 0.717) is 6.61 Å². The van der Waals surface area contributed by atoms with E-state index in [-0.39, 0.29) is 23.4 Å². The molecule has 4 atom stereocenters. The van der Waals surface area contributed by atoms with Crippen molar-refractivity contribution in [1.29, 1.82) is 0 Å². The molecule has 0 bridgehead atoms. The van der Waals surface area contributed by atoms with Crippen LogP contribution in [0.25, 0.3) is 0 Å². The molecule has 1 aromatic rings. The molecule has 4 rings (SSSR count). The summed E-state index contributed by atoms with van der Waals surface area (Å²) < 4.78 is 5.49. The second kappa shape index (κ2) is 6.45. The Hall–Kier alpha value is -1.46. The van der Waals surface area contributed by atoms with Crippen molar-refractivity contribution in [2.24, 2.45) is 11.8 Å². The molecule has 0 aromatic heterocycles. The summed E-state index contributed by atoms with van der Waals surface area (Å²) in [4.78, 5) is 14.2. The molecule has 128 valence electrons. The third kappa shape index (κ3) is 2.84. The largest absolute Gasteiger partial charge is 0.494 e. The maximum absolute atomic E-state index is 12.7. The fourth-order valence-corrected chi connectivity index (χ4v) is 5.61. The topological polar surface area (TPSA) is 50.4 Å². The first-order valence-corrected chi connectivity index (χ1v) is 9.71. The summed E-state index contributed by atoms with van der Waals surface area (Å²) in [6.07, 6.45) is 3.29. The minimum Gasteiger partial charge on any atom is -0.494 e. The molecule has 1 aromatic carbocycles. The van der Waals surface area contributed by atoms with Crippen LogP contribution in [0.4, 0.5) is 0 Å². The Morgan fingerprint density at radius 3 is 2.83 bits per heavy atom. The highest BCUT2D eigenvalue weighted by molar-refractivity contribution is 8.04. The quantitative estimate of drug-likeness (QED) is 0.880. The Kier molecular flexibility index (Phi) is 4.31. The third-order valence-corrected chi connectivity index (χ3v) is 6.55. The minimum atomic E-state index is -0.124. The SMILES string of the molecule is CCOc1ccc(C2NC(=O)C3C4=C(CC(C)CC4)SC3N2)cc1. The van der Waals surface area contributed by atoms with E-state index in [9.17, 15) is 4.79 Å². The first-order chi connectivity index (χ1) is 11.7. The Bertz CT molecular complexity index is 670. The second-order valence-electron chi connectivity index (χ2n) is 6.92. The van der Waals surface area contributed by atoms with Crippen molar-refractivity contribution < 1.29 is 9.53 Å². The average Bonchev–Trinajstić information content (AvgIpc) is 2.93. The molecule has 1 fully saturated rings. The molecule has 1 aliphatic carbocycles. The molecule has 0 saturated carbocycles. The summed E-state index contributed by atoms with van der Waals surface area (Å²) in [5.74, 6) is 1.78. The smallest absolute Gasteiger partial charge is 0.231 e. The van der Waals surface area contributed by atoms with Crippen LogP contribution in [0.5, 0.6) is 5.75 Å². The number of benzene rings is 1. The predicted octanol–water partition coefficient (Wildman–Crippen LogP) is 3.57. The lowest BCUT2D eigenvalue weighted by Crippen LogP contribution is -2.54. The number of allylic oxidation sites excluding steroid dienone is 1. The molecule has 0 radical (unpaired) electrons. The van der Waals surface area contributed by atoms with Crippen molar-refractivity contribution >= 4 is 17.7 Å². The van der Waals surface area contributed by atoms with Crippen molar-refractivity contribution in [3.63, 3.8) is 0 Å². The van der Waals surface area contributed by atoms with Gasteiger partial charge in [-0.25, -0.2) is 0 Å². The highest BCUT2D eigenvalue weighted by Gasteiger charge is 2.45. The maximum Gasteiger partial charge on any atom is 0.231 e. The van der Waals surface area contributed by atoms with E-state index >= 15 is 0 Å². The van der Waals surface area contributed by atoms with Gasteiger partial charge in [0.1, 0.15) is 11.9 Å². The molecular weight excluding hydrogens is 320 g/mol. The summed E-state index contributed by atoms with van der Waals surface area (Å²) in [5, 5.41) is 6.97. The summed E-state index contributed by atoms with van der Waals surface area (Å²) in [5.41, 5.74) is 2.46. The van der Waals surface area contributed by atoms with Gasteiger partial charge >= 0.3 is 0 Å². The Balaban J connectivity index is 1.50. The van der Waals surface area contributed by atoms with Crippen LogP contribution in [0, 0.1) is 11.8 Å². The van der Waals surface area contributed by atoms with Gasteiger partial charge in [0.15, 0.2) is 0 Å². The van der Waals surface area contributed by atoms with Crippen LogP contribution in [0.15, 0.2) is 34.7 Å². The van der Waals surface area contributed by atoms with E-state index < -0.39 is 0 Å². The normalized spacial score (nSPS) is 32.2. The first-order valence-electron chi connectivity index (χ1n) is 8.83. The van der Waals surface area contributed by atoms with Crippen LogP contribution in [-0.2, 0) is 4.79 Å². The van der Waals surface area contributed by atoms with Crippen molar-refractivity contribution in [2.45, 2.75) is 44.6 Å². The van der Waals surface area contributed by atoms with Crippen molar-refractivity contribution in [1.82, 2.24) is 10.6 Å². The van der Waals surface area contributed by atoms with Gasteiger partial charge in [-0.3, -0.25) is 10.1 Å². The van der Waals surface area contributed by atoms with Crippen molar-refractivity contribution in [3.8, 4) is 5.75 Å². The number of rotatable bonds is 3.